The van der Waals surface area contributed by atoms with Crippen molar-refractivity contribution in [2.75, 3.05) is 0 Å². The van der Waals surface area contributed by atoms with Gasteiger partial charge in [-0.25, -0.2) is 0 Å². The van der Waals surface area contributed by atoms with Gasteiger partial charge in [0, 0.05) is 0 Å². The van der Waals surface area contributed by atoms with E-state index in [1.807, 2.05) is 19.8 Å². The van der Waals surface area contributed by atoms with Crippen LogP contribution in [0.1, 0.15) is 213 Å². The van der Waals surface area contributed by atoms with E-state index in [1.165, 1.54) is 180 Å². The van der Waals surface area contributed by atoms with Gasteiger partial charge in [0.1, 0.15) is 0 Å². The number of aryl methyl sites for hydroxylation is 2. The fraction of sp³-hybridized carbons (Fsp3) is 0.818. The molecule has 0 saturated carbocycles. The maximum atomic E-state index is 2.74. The van der Waals surface area contributed by atoms with Gasteiger partial charge in [-0.3, -0.25) is 0 Å². The van der Waals surface area contributed by atoms with E-state index in [0.717, 1.165) is 0 Å². The zero-order valence-corrected chi connectivity index (χ0v) is 37.0. The first-order valence-electron chi connectivity index (χ1n) is 21.3. The molecule has 0 aromatic carbocycles. The number of rotatable bonds is 33. The molecule has 272 valence electrons. The Labute approximate surface area is 308 Å². The van der Waals surface area contributed by atoms with Crippen LogP contribution in [0.2, 0.25) is 13.3 Å². The van der Waals surface area contributed by atoms with Crippen LogP contribution in [-0.4, -0.2) is 18.4 Å². The standard InChI is InChI=1S/C32H53S2.3C4H9.Sn/c1-3-5-7-9-11-13-15-17-19-21-23-29-25-31(33-27-29)32-26-30(28-34-32)24-22-20-18-16-14-12-10-8-6-4-2;3*1-3-4-2;/h25-27H,3-24H2,1-2H3;3*1,3-4H2,2H3;. The predicted octanol–water partition coefficient (Wildman–Crippen LogP) is 16.5. The summed E-state index contributed by atoms with van der Waals surface area (Å²) in [7, 11) is 0. The van der Waals surface area contributed by atoms with E-state index in [1.54, 1.807) is 28.6 Å². The quantitative estimate of drug-likeness (QED) is 0.0499. The summed E-state index contributed by atoms with van der Waals surface area (Å²) in [5.74, 6) is 0. The van der Waals surface area contributed by atoms with Crippen molar-refractivity contribution in [1.29, 1.82) is 0 Å². The third-order valence-corrected chi connectivity index (χ3v) is 31.7. The van der Waals surface area contributed by atoms with Crippen LogP contribution < -0.4 is 2.89 Å². The molecule has 2 aromatic heterocycles. The molecule has 0 fully saturated rings. The Hall–Kier alpha value is 0.199. The monoisotopic (exact) mass is 792 g/mol. The Morgan fingerprint density at radius 2 is 0.830 bits per heavy atom. The summed E-state index contributed by atoms with van der Waals surface area (Å²) in [6.07, 6.45) is 39.8. The first kappa shape index (κ1) is 43.4. The minimum atomic E-state index is -2.48. The van der Waals surface area contributed by atoms with Gasteiger partial charge < -0.3 is 0 Å². The molecule has 2 heterocycles. The van der Waals surface area contributed by atoms with E-state index in [4.69, 9.17) is 0 Å². The van der Waals surface area contributed by atoms with E-state index < -0.39 is 18.4 Å². The molecular formula is C44H80S2Sn. The number of unbranched alkanes of at least 4 members (excludes halogenated alkanes) is 21. The van der Waals surface area contributed by atoms with Crippen molar-refractivity contribution < 1.29 is 0 Å². The van der Waals surface area contributed by atoms with Gasteiger partial charge in [-0.05, 0) is 0 Å². The van der Waals surface area contributed by atoms with Gasteiger partial charge in [0.05, 0.1) is 0 Å². The summed E-state index contributed by atoms with van der Waals surface area (Å²) in [4.78, 5) is 3.21. The molecule has 2 rings (SSSR count). The zero-order valence-electron chi connectivity index (χ0n) is 32.5. The average molecular weight is 792 g/mol. The Morgan fingerprint density at radius 1 is 0.426 bits per heavy atom. The van der Waals surface area contributed by atoms with Gasteiger partial charge >= 0.3 is 258 Å². The molecule has 0 unspecified atom stereocenters. The molecule has 0 spiro atoms. The molecule has 0 amide bonds. The van der Waals surface area contributed by atoms with Crippen molar-refractivity contribution in [2.24, 2.45) is 0 Å². The van der Waals surface area contributed by atoms with Crippen molar-refractivity contribution in [3.05, 3.63) is 28.6 Å². The average Bonchev–Trinajstić information content (AvgIpc) is 3.74. The molecule has 0 bridgehead atoms. The zero-order chi connectivity index (χ0) is 33.8. The Bertz CT molecular complexity index is 950. The molecule has 0 radical (unpaired) electrons. The minimum absolute atomic E-state index is 1.28. The first-order valence-corrected chi connectivity index (χ1v) is 30.5. The van der Waals surface area contributed by atoms with Crippen LogP contribution in [0.4, 0.5) is 0 Å². The van der Waals surface area contributed by atoms with Crippen LogP contribution >= 0.6 is 22.7 Å². The first-order chi connectivity index (χ1) is 23.1. The van der Waals surface area contributed by atoms with E-state index in [0.29, 0.717) is 0 Å². The van der Waals surface area contributed by atoms with Crippen molar-refractivity contribution in [3.8, 4) is 9.75 Å². The summed E-state index contributed by atoms with van der Waals surface area (Å²) in [6.45, 7) is 11.9. The van der Waals surface area contributed by atoms with Gasteiger partial charge in [0.25, 0.3) is 0 Å². The topological polar surface area (TPSA) is 0 Å². The molecule has 0 N–H and O–H groups in total. The van der Waals surface area contributed by atoms with Crippen molar-refractivity contribution in [2.45, 2.75) is 228 Å². The fourth-order valence-corrected chi connectivity index (χ4v) is 30.2. The fourth-order valence-electron chi connectivity index (χ4n) is 7.70. The van der Waals surface area contributed by atoms with Gasteiger partial charge in [-0.15, -0.1) is 0 Å². The summed E-state index contributed by atoms with van der Waals surface area (Å²) < 4.78 is 6.82. The van der Waals surface area contributed by atoms with Gasteiger partial charge in [-0.2, -0.15) is 0 Å². The Morgan fingerprint density at radius 3 is 1.28 bits per heavy atom. The summed E-state index contributed by atoms with van der Waals surface area (Å²) in [6, 6.07) is 5.33. The van der Waals surface area contributed by atoms with E-state index in [-0.39, 0.29) is 0 Å². The van der Waals surface area contributed by atoms with Gasteiger partial charge in [0.2, 0.25) is 0 Å². The molecule has 0 aliphatic rings. The molecule has 0 atom stereocenters. The Kier molecular flexibility index (Phi) is 26.6. The van der Waals surface area contributed by atoms with Crippen LogP contribution in [-0.2, 0) is 12.8 Å². The summed E-state index contributed by atoms with van der Waals surface area (Å²) in [5.41, 5.74) is 3.43. The normalized spacial score (nSPS) is 12.0. The Balaban J connectivity index is 2.07. The predicted molar refractivity (Wildman–Crippen MR) is 223 cm³/mol. The third kappa shape index (κ3) is 18.3. The molecule has 0 nitrogen and oxygen atoms in total. The number of hydrogen-bond donors (Lipinski definition) is 0. The van der Waals surface area contributed by atoms with Crippen LogP contribution in [0.15, 0.2) is 17.5 Å². The van der Waals surface area contributed by atoms with Gasteiger partial charge in [0.15, 0.2) is 0 Å². The van der Waals surface area contributed by atoms with Crippen LogP contribution in [0, 0.1) is 0 Å². The maximum absolute atomic E-state index is 2.74. The molecule has 0 saturated heterocycles. The number of hydrogen-bond acceptors (Lipinski definition) is 2. The van der Waals surface area contributed by atoms with E-state index >= 15 is 0 Å². The number of thiophene rings is 2. The summed E-state index contributed by atoms with van der Waals surface area (Å²) in [5, 5.41) is 2.51. The van der Waals surface area contributed by atoms with Crippen molar-refractivity contribution in [3.63, 3.8) is 0 Å². The third-order valence-electron chi connectivity index (χ3n) is 10.8. The molecule has 2 aromatic rings. The molecular weight excluding hydrogens is 711 g/mol. The van der Waals surface area contributed by atoms with E-state index in [2.05, 4.69) is 63.5 Å². The molecule has 0 aliphatic carbocycles. The second kappa shape index (κ2) is 28.8. The van der Waals surface area contributed by atoms with Crippen LogP contribution in [0.25, 0.3) is 9.75 Å². The molecule has 0 aliphatic heterocycles. The van der Waals surface area contributed by atoms with Gasteiger partial charge in [-0.1, -0.05) is 52.4 Å². The summed E-state index contributed by atoms with van der Waals surface area (Å²) >= 11 is 1.88. The van der Waals surface area contributed by atoms with Crippen LogP contribution in [0.3, 0.4) is 0 Å². The molecule has 3 heteroatoms. The second-order valence-electron chi connectivity index (χ2n) is 15.2. The van der Waals surface area contributed by atoms with Crippen molar-refractivity contribution >= 4 is 43.9 Å². The second-order valence-corrected chi connectivity index (χ2v) is 31.3. The van der Waals surface area contributed by atoms with E-state index in [9.17, 15) is 0 Å². The SMILES string of the molecule is CCCCCCCCCCCCc1csc(-c2cc(CCCCCCCCCCCC)[c]([Sn]([CH2]CCC)([CH2]CCC)[CH2]CCC)s2)c1. The van der Waals surface area contributed by atoms with Crippen molar-refractivity contribution in [1.82, 2.24) is 0 Å². The molecule has 47 heavy (non-hydrogen) atoms. The van der Waals surface area contributed by atoms with Crippen LogP contribution in [0.5, 0.6) is 0 Å².